The van der Waals surface area contributed by atoms with Gasteiger partial charge >= 0.3 is 0 Å². The number of nitrogens with one attached hydrogen (secondary N) is 1. The minimum atomic E-state index is -0.159. The van der Waals surface area contributed by atoms with Crippen molar-refractivity contribution in [3.63, 3.8) is 0 Å². The maximum absolute atomic E-state index is 11.3. The number of thioether (sulfide) groups is 1. The van der Waals surface area contributed by atoms with Crippen LogP contribution in [0.15, 0.2) is 0 Å². The summed E-state index contributed by atoms with van der Waals surface area (Å²) in [6, 6.07) is 0. The first-order valence-electron chi connectivity index (χ1n) is 6.24. The van der Waals surface area contributed by atoms with Crippen LogP contribution in [0.4, 0.5) is 0 Å². The predicted molar refractivity (Wildman–Crippen MR) is 68.9 cm³/mol. The van der Waals surface area contributed by atoms with Gasteiger partial charge in [-0.1, -0.05) is 19.3 Å². The van der Waals surface area contributed by atoms with Crippen molar-refractivity contribution in [2.75, 3.05) is 25.9 Å². The van der Waals surface area contributed by atoms with Crippen molar-refractivity contribution in [1.82, 2.24) is 10.2 Å². The second-order valence-electron chi connectivity index (χ2n) is 5.06. The van der Waals surface area contributed by atoms with Gasteiger partial charge in [-0.3, -0.25) is 19.8 Å². The number of hydrogen-bond acceptors (Lipinski definition) is 4. The number of hydrogen-bond donors (Lipinski definition) is 1. The zero-order valence-electron chi connectivity index (χ0n) is 10.3. The molecule has 5 heteroatoms. The third-order valence-corrected chi connectivity index (χ3v) is 5.13. The van der Waals surface area contributed by atoms with Crippen LogP contribution in [-0.2, 0) is 9.59 Å². The van der Waals surface area contributed by atoms with Gasteiger partial charge in [0.05, 0.1) is 13.1 Å². The molecule has 2 amide bonds. The maximum atomic E-state index is 11.3. The molecular weight excluding hydrogens is 236 g/mol. The fourth-order valence-electron chi connectivity index (χ4n) is 2.84. The zero-order valence-corrected chi connectivity index (χ0v) is 11.1. The molecule has 1 aliphatic carbocycles. The van der Waals surface area contributed by atoms with Gasteiger partial charge in [-0.05, 0) is 19.1 Å². The molecule has 0 spiro atoms. The molecule has 96 valence electrons. The Morgan fingerprint density at radius 1 is 1.18 bits per heavy atom. The van der Waals surface area contributed by atoms with E-state index in [0.717, 1.165) is 6.54 Å². The normalized spacial score (nSPS) is 25.7. The van der Waals surface area contributed by atoms with Crippen molar-refractivity contribution in [2.45, 2.75) is 36.9 Å². The Morgan fingerprint density at radius 2 is 1.76 bits per heavy atom. The molecule has 0 aromatic carbocycles. The van der Waals surface area contributed by atoms with Gasteiger partial charge in [0.15, 0.2) is 0 Å². The Bertz CT molecular complexity index is 298. The van der Waals surface area contributed by atoms with E-state index in [-0.39, 0.29) is 16.6 Å². The van der Waals surface area contributed by atoms with Crippen molar-refractivity contribution < 1.29 is 9.59 Å². The van der Waals surface area contributed by atoms with Gasteiger partial charge in [-0.2, -0.15) is 11.8 Å². The highest BCUT2D eigenvalue weighted by Crippen LogP contribution is 2.39. The van der Waals surface area contributed by atoms with E-state index >= 15 is 0 Å². The molecule has 1 saturated heterocycles. The highest BCUT2D eigenvalue weighted by molar-refractivity contribution is 8.00. The Hall–Kier alpha value is -0.550. The van der Waals surface area contributed by atoms with E-state index in [0.29, 0.717) is 13.1 Å². The summed E-state index contributed by atoms with van der Waals surface area (Å²) in [6.07, 6.45) is 8.43. The van der Waals surface area contributed by atoms with Crippen molar-refractivity contribution >= 4 is 23.6 Å². The van der Waals surface area contributed by atoms with Gasteiger partial charge in [0.1, 0.15) is 0 Å². The molecule has 0 bridgehead atoms. The van der Waals surface area contributed by atoms with Crippen LogP contribution in [0.2, 0.25) is 0 Å². The minimum absolute atomic E-state index is 0.159. The molecule has 1 N–H and O–H groups in total. The monoisotopic (exact) mass is 256 g/mol. The van der Waals surface area contributed by atoms with Crippen molar-refractivity contribution in [2.24, 2.45) is 0 Å². The van der Waals surface area contributed by atoms with E-state index < -0.39 is 0 Å². The standard InChI is InChI=1S/C12H20N2O2S/c1-17-12(5-3-2-4-6-12)9-14-7-10(15)13-11(16)8-14/h2-9H2,1H3,(H,13,15,16). The van der Waals surface area contributed by atoms with E-state index in [1.807, 2.05) is 16.7 Å². The molecule has 1 saturated carbocycles. The molecular formula is C12H20N2O2S. The van der Waals surface area contributed by atoms with E-state index in [1.54, 1.807) is 0 Å². The second-order valence-corrected chi connectivity index (χ2v) is 6.34. The average molecular weight is 256 g/mol. The minimum Gasteiger partial charge on any atom is -0.294 e. The molecule has 2 fully saturated rings. The predicted octanol–water partition coefficient (Wildman–Crippen LogP) is 1.01. The SMILES string of the molecule is CSC1(CN2CC(=O)NC(=O)C2)CCCCC1. The molecule has 1 aliphatic heterocycles. The lowest BCUT2D eigenvalue weighted by atomic mass is 9.87. The largest absolute Gasteiger partial charge is 0.294 e. The van der Waals surface area contributed by atoms with Gasteiger partial charge in [-0.25, -0.2) is 0 Å². The van der Waals surface area contributed by atoms with Gasteiger partial charge in [0.25, 0.3) is 0 Å². The summed E-state index contributed by atoms with van der Waals surface area (Å²) in [6.45, 7) is 1.61. The summed E-state index contributed by atoms with van der Waals surface area (Å²) in [5, 5.41) is 2.35. The van der Waals surface area contributed by atoms with E-state index in [1.165, 1.54) is 32.1 Å². The van der Waals surface area contributed by atoms with Crippen molar-refractivity contribution in [3.05, 3.63) is 0 Å². The van der Waals surface area contributed by atoms with Crippen molar-refractivity contribution in [3.8, 4) is 0 Å². The zero-order chi connectivity index (χ0) is 12.3. The molecule has 0 unspecified atom stereocenters. The lowest BCUT2D eigenvalue weighted by molar-refractivity contribution is -0.136. The fraction of sp³-hybridized carbons (Fsp3) is 0.833. The van der Waals surface area contributed by atoms with Crippen LogP contribution < -0.4 is 5.32 Å². The molecule has 0 aromatic rings. The van der Waals surface area contributed by atoms with Crippen molar-refractivity contribution in [1.29, 1.82) is 0 Å². The highest BCUT2D eigenvalue weighted by atomic mass is 32.2. The summed E-state index contributed by atoms with van der Waals surface area (Å²) in [4.78, 5) is 24.7. The first kappa shape index (κ1) is 12.9. The number of piperazine rings is 1. The summed E-state index contributed by atoms with van der Waals surface area (Å²) in [5.74, 6) is -0.318. The quantitative estimate of drug-likeness (QED) is 0.766. The smallest absolute Gasteiger partial charge is 0.240 e. The Morgan fingerprint density at radius 3 is 2.29 bits per heavy atom. The van der Waals surface area contributed by atoms with Crippen LogP contribution >= 0.6 is 11.8 Å². The maximum Gasteiger partial charge on any atom is 0.240 e. The first-order chi connectivity index (χ1) is 8.13. The third-order valence-electron chi connectivity index (χ3n) is 3.72. The van der Waals surface area contributed by atoms with Gasteiger partial charge in [0.2, 0.25) is 11.8 Å². The van der Waals surface area contributed by atoms with Gasteiger partial charge in [-0.15, -0.1) is 0 Å². The second kappa shape index (κ2) is 5.40. The van der Waals surface area contributed by atoms with Crippen LogP contribution in [-0.4, -0.2) is 47.4 Å². The Labute approximate surface area is 106 Å². The van der Waals surface area contributed by atoms with E-state index in [9.17, 15) is 9.59 Å². The molecule has 2 rings (SSSR count). The number of nitrogens with zero attached hydrogens (tertiary/aromatic N) is 1. The first-order valence-corrected chi connectivity index (χ1v) is 7.46. The molecule has 2 aliphatic rings. The summed E-state index contributed by atoms with van der Waals surface area (Å²) < 4.78 is 0.260. The average Bonchev–Trinajstić information content (AvgIpc) is 2.29. The van der Waals surface area contributed by atoms with Crippen LogP contribution in [0, 0.1) is 0 Å². The van der Waals surface area contributed by atoms with Crippen LogP contribution in [0.1, 0.15) is 32.1 Å². The number of rotatable bonds is 3. The van der Waals surface area contributed by atoms with Gasteiger partial charge < -0.3 is 0 Å². The Kier molecular flexibility index (Phi) is 4.09. The molecule has 0 radical (unpaired) electrons. The molecule has 17 heavy (non-hydrogen) atoms. The molecule has 0 aromatic heterocycles. The van der Waals surface area contributed by atoms with E-state index in [4.69, 9.17) is 0 Å². The van der Waals surface area contributed by atoms with Crippen LogP contribution in [0.3, 0.4) is 0 Å². The van der Waals surface area contributed by atoms with Gasteiger partial charge in [0, 0.05) is 11.3 Å². The molecule has 1 heterocycles. The lowest BCUT2D eigenvalue weighted by Crippen LogP contribution is -2.55. The molecule has 4 nitrogen and oxygen atoms in total. The number of imide groups is 1. The number of amides is 2. The number of carbonyl (C=O) groups is 2. The number of carbonyl (C=O) groups excluding carboxylic acids is 2. The third kappa shape index (κ3) is 3.22. The molecule has 0 atom stereocenters. The lowest BCUT2D eigenvalue weighted by Gasteiger charge is -2.40. The Balaban J connectivity index is 1.97. The summed E-state index contributed by atoms with van der Waals surface area (Å²) in [5.41, 5.74) is 0. The van der Waals surface area contributed by atoms with Crippen LogP contribution in [0.5, 0.6) is 0 Å². The summed E-state index contributed by atoms with van der Waals surface area (Å²) in [7, 11) is 0. The van der Waals surface area contributed by atoms with E-state index in [2.05, 4.69) is 11.6 Å². The fourth-order valence-corrected chi connectivity index (χ4v) is 3.85. The summed E-state index contributed by atoms with van der Waals surface area (Å²) >= 11 is 1.90. The topological polar surface area (TPSA) is 49.4 Å². The van der Waals surface area contributed by atoms with Crippen LogP contribution in [0.25, 0.3) is 0 Å². The highest BCUT2D eigenvalue weighted by Gasteiger charge is 2.35.